The Hall–Kier alpha value is -1.60. The molecule has 0 aliphatic heterocycles. The fraction of sp³-hybridized carbons (Fsp3) is 0.368. The van der Waals surface area contributed by atoms with Crippen molar-refractivity contribution in [1.29, 1.82) is 0 Å². The van der Waals surface area contributed by atoms with Crippen molar-refractivity contribution in [2.45, 2.75) is 32.1 Å². The van der Waals surface area contributed by atoms with Crippen molar-refractivity contribution in [3.05, 3.63) is 71.8 Å². The highest BCUT2D eigenvalue weighted by atomic mass is 14.8. The molecule has 0 heterocycles. The third-order valence-corrected chi connectivity index (χ3v) is 3.71. The molecule has 20 heavy (non-hydrogen) atoms. The summed E-state index contributed by atoms with van der Waals surface area (Å²) in [5.41, 5.74) is 2.89. The van der Waals surface area contributed by atoms with Crippen LogP contribution in [0.2, 0.25) is 0 Å². The van der Waals surface area contributed by atoms with Crippen molar-refractivity contribution in [2.75, 3.05) is 13.1 Å². The van der Waals surface area contributed by atoms with Crippen LogP contribution in [0.1, 0.15) is 36.8 Å². The van der Waals surface area contributed by atoms with E-state index in [4.69, 9.17) is 0 Å². The number of hydrogen-bond acceptors (Lipinski definition) is 1. The molecule has 0 aliphatic carbocycles. The van der Waals surface area contributed by atoms with Crippen LogP contribution >= 0.6 is 0 Å². The van der Waals surface area contributed by atoms with Crippen LogP contribution in [0, 0.1) is 0 Å². The summed E-state index contributed by atoms with van der Waals surface area (Å²) in [4.78, 5) is 0. The molecule has 0 aromatic heterocycles. The van der Waals surface area contributed by atoms with Crippen molar-refractivity contribution in [3.8, 4) is 0 Å². The maximum absolute atomic E-state index is 3.57. The van der Waals surface area contributed by atoms with E-state index in [9.17, 15) is 0 Å². The van der Waals surface area contributed by atoms with Crippen molar-refractivity contribution in [3.63, 3.8) is 0 Å². The van der Waals surface area contributed by atoms with Crippen LogP contribution in [0.15, 0.2) is 60.7 Å². The average Bonchev–Trinajstić information content (AvgIpc) is 2.52. The summed E-state index contributed by atoms with van der Waals surface area (Å²) in [5.74, 6) is 0.600. The minimum Gasteiger partial charge on any atom is -0.316 e. The van der Waals surface area contributed by atoms with Crippen LogP contribution in [0.3, 0.4) is 0 Å². The van der Waals surface area contributed by atoms with Crippen molar-refractivity contribution in [1.82, 2.24) is 5.32 Å². The van der Waals surface area contributed by atoms with Gasteiger partial charge in [-0.15, -0.1) is 0 Å². The molecular weight excluding hydrogens is 242 g/mol. The van der Waals surface area contributed by atoms with E-state index in [0.717, 1.165) is 19.5 Å². The van der Waals surface area contributed by atoms with Crippen LogP contribution < -0.4 is 5.32 Å². The molecule has 2 rings (SSSR count). The SMILES string of the molecule is CCCNCC(CCc1ccccc1)c1ccccc1. The molecule has 2 aromatic rings. The Bertz CT molecular complexity index is 464. The molecule has 1 unspecified atom stereocenters. The third kappa shape index (κ3) is 4.82. The summed E-state index contributed by atoms with van der Waals surface area (Å²) in [6.45, 7) is 4.40. The van der Waals surface area contributed by atoms with Crippen LogP contribution in [0.25, 0.3) is 0 Å². The van der Waals surface area contributed by atoms with E-state index in [0.29, 0.717) is 5.92 Å². The van der Waals surface area contributed by atoms with Crippen LogP contribution in [-0.2, 0) is 6.42 Å². The summed E-state index contributed by atoms with van der Waals surface area (Å²) in [5, 5.41) is 3.57. The molecule has 1 nitrogen and oxygen atoms in total. The number of aryl methyl sites for hydroxylation is 1. The lowest BCUT2D eigenvalue weighted by Crippen LogP contribution is -2.22. The van der Waals surface area contributed by atoms with Crippen LogP contribution in [0.5, 0.6) is 0 Å². The van der Waals surface area contributed by atoms with E-state index >= 15 is 0 Å². The Morgan fingerprint density at radius 1 is 0.900 bits per heavy atom. The average molecular weight is 267 g/mol. The molecule has 0 fully saturated rings. The second-order valence-corrected chi connectivity index (χ2v) is 5.34. The topological polar surface area (TPSA) is 12.0 Å². The van der Waals surface area contributed by atoms with Gasteiger partial charge in [-0.05, 0) is 42.9 Å². The first kappa shape index (κ1) is 14.8. The summed E-state index contributed by atoms with van der Waals surface area (Å²) < 4.78 is 0. The maximum atomic E-state index is 3.57. The van der Waals surface area contributed by atoms with Crippen molar-refractivity contribution in [2.24, 2.45) is 0 Å². The van der Waals surface area contributed by atoms with E-state index in [1.54, 1.807) is 0 Å². The lowest BCUT2D eigenvalue weighted by Gasteiger charge is -2.18. The Morgan fingerprint density at radius 3 is 2.20 bits per heavy atom. The molecule has 0 amide bonds. The Morgan fingerprint density at radius 2 is 1.55 bits per heavy atom. The highest BCUT2D eigenvalue weighted by molar-refractivity contribution is 5.21. The molecule has 0 saturated heterocycles. The normalized spacial score (nSPS) is 12.2. The van der Waals surface area contributed by atoms with E-state index in [-0.39, 0.29) is 0 Å². The third-order valence-electron chi connectivity index (χ3n) is 3.71. The second kappa shape index (κ2) is 8.55. The fourth-order valence-corrected chi connectivity index (χ4v) is 2.55. The highest BCUT2D eigenvalue weighted by Crippen LogP contribution is 2.21. The maximum Gasteiger partial charge on any atom is 0.00202 e. The molecule has 1 N–H and O–H groups in total. The number of hydrogen-bond donors (Lipinski definition) is 1. The minimum atomic E-state index is 0.600. The van der Waals surface area contributed by atoms with Gasteiger partial charge in [0.2, 0.25) is 0 Å². The Kier molecular flexibility index (Phi) is 6.33. The van der Waals surface area contributed by atoms with Gasteiger partial charge in [-0.2, -0.15) is 0 Å². The van der Waals surface area contributed by atoms with E-state index in [1.165, 1.54) is 24.0 Å². The molecule has 0 bridgehead atoms. The van der Waals surface area contributed by atoms with Crippen molar-refractivity contribution < 1.29 is 0 Å². The minimum absolute atomic E-state index is 0.600. The lowest BCUT2D eigenvalue weighted by molar-refractivity contribution is 0.548. The molecule has 1 atom stereocenters. The van der Waals surface area contributed by atoms with Gasteiger partial charge in [0.25, 0.3) is 0 Å². The van der Waals surface area contributed by atoms with Gasteiger partial charge in [0, 0.05) is 6.54 Å². The first-order chi connectivity index (χ1) is 9.90. The predicted molar refractivity (Wildman–Crippen MR) is 87.1 cm³/mol. The summed E-state index contributed by atoms with van der Waals surface area (Å²) in [6, 6.07) is 21.7. The molecular formula is C19H25N. The fourth-order valence-electron chi connectivity index (χ4n) is 2.55. The first-order valence-corrected chi connectivity index (χ1v) is 7.69. The van der Waals surface area contributed by atoms with Crippen molar-refractivity contribution >= 4 is 0 Å². The predicted octanol–water partition coefficient (Wildman–Crippen LogP) is 4.40. The lowest BCUT2D eigenvalue weighted by atomic mass is 9.92. The van der Waals surface area contributed by atoms with Gasteiger partial charge in [-0.3, -0.25) is 0 Å². The molecule has 2 aromatic carbocycles. The zero-order valence-corrected chi connectivity index (χ0v) is 12.4. The number of nitrogens with one attached hydrogen (secondary N) is 1. The van der Waals surface area contributed by atoms with Gasteiger partial charge in [-0.25, -0.2) is 0 Å². The van der Waals surface area contributed by atoms with Crippen LogP contribution in [0.4, 0.5) is 0 Å². The second-order valence-electron chi connectivity index (χ2n) is 5.34. The first-order valence-electron chi connectivity index (χ1n) is 7.69. The zero-order valence-electron chi connectivity index (χ0n) is 12.4. The largest absolute Gasteiger partial charge is 0.316 e. The zero-order chi connectivity index (χ0) is 14.0. The monoisotopic (exact) mass is 267 g/mol. The molecule has 0 saturated carbocycles. The summed E-state index contributed by atoms with van der Waals surface area (Å²) in [7, 11) is 0. The molecule has 0 aliphatic rings. The van der Waals surface area contributed by atoms with E-state index in [1.807, 2.05) is 0 Å². The Labute approximate surface area is 123 Å². The van der Waals surface area contributed by atoms with Gasteiger partial charge in [0.15, 0.2) is 0 Å². The summed E-state index contributed by atoms with van der Waals surface area (Å²) in [6.07, 6.45) is 3.54. The molecule has 106 valence electrons. The Balaban J connectivity index is 1.95. The van der Waals surface area contributed by atoms with Gasteiger partial charge in [0.05, 0.1) is 0 Å². The smallest absolute Gasteiger partial charge is 0.00202 e. The number of benzene rings is 2. The van der Waals surface area contributed by atoms with Gasteiger partial charge in [0.1, 0.15) is 0 Å². The molecule has 1 heteroatoms. The standard InChI is InChI=1S/C19H25N/c1-2-15-20-16-19(18-11-7-4-8-12-18)14-13-17-9-5-3-6-10-17/h3-12,19-20H,2,13-16H2,1H3. The van der Waals surface area contributed by atoms with Gasteiger partial charge < -0.3 is 5.32 Å². The number of rotatable bonds is 8. The highest BCUT2D eigenvalue weighted by Gasteiger charge is 2.10. The van der Waals surface area contributed by atoms with Crippen LogP contribution in [-0.4, -0.2) is 13.1 Å². The van der Waals surface area contributed by atoms with Gasteiger partial charge in [-0.1, -0.05) is 67.6 Å². The summed E-state index contributed by atoms with van der Waals surface area (Å²) >= 11 is 0. The van der Waals surface area contributed by atoms with Gasteiger partial charge >= 0.3 is 0 Å². The molecule has 0 spiro atoms. The quantitative estimate of drug-likeness (QED) is 0.699. The van der Waals surface area contributed by atoms with E-state index < -0.39 is 0 Å². The van der Waals surface area contributed by atoms with E-state index in [2.05, 4.69) is 72.9 Å². The molecule has 0 radical (unpaired) electrons.